The van der Waals surface area contributed by atoms with Crippen LogP contribution in [-0.4, -0.2) is 20.2 Å². The molecule has 1 aliphatic heterocycles. The number of methoxy groups -OCH3 is 1. The minimum atomic E-state index is 0.790. The highest BCUT2D eigenvalue weighted by molar-refractivity contribution is 9.10. The lowest BCUT2D eigenvalue weighted by Crippen LogP contribution is -2.43. The molecular weight excluding hydrogens is 242 g/mol. The largest absolute Gasteiger partial charge is 0.497 e. The number of halogens is 1. The van der Waals surface area contributed by atoms with Gasteiger partial charge < -0.3 is 10.1 Å². The predicted octanol–water partition coefficient (Wildman–Crippen LogP) is 2.22. The van der Waals surface area contributed by atoms with Crippen LogP contribution in [0.3, 0.4) is 0 Å². The summed E-state index contributed by atoms with van der Waals surface area (Å²) in [5, 5.41) is 3.28. The normalized spacial score (nSPS) is 16.4. The van der Waals surface area contributed by atoms with Gasteiger partial charge >= 0.3 is 0 Å². The fourth-order valence-electron chi connectivity index (χ4n) is 1.64. The van der Waals surface area contributed by atoms with Crippen molar-refractivity contribution in [3.05, 3.63) is 28.2 Å². The van der Waals surface area contributed by atoms with Crippen LogP contribution in [-0.2, 0) is 6.42 Å². The van der Waals surface area contributed by atoms with Gasteiger partial charge in [0.15, 0.2) is 0 Å². The molecule has 1 heterocycles. The third-order valence-electron chi connectivity index (χ3n) is 2.63. The van der Waals surface area contributed by atoms with Gasteiger partial charge in [-0.25, -0.2) is 0 Å². The van der Waals surface area contributed by atoms with Crippen molar-refractivity contribution >= 4 is 15.9 Å². The molecule has 0 amide bonds. The van der Waals surface area contributed by atoms with Crippen molar-refractivity contribution in [1.29, 1.82) is 0 Å². The van der Waals surface area contributed by atoms with Crippen molar-refractivity contribution in [2.24, 2.45) is 5.92 Å². The smallest absolute Gasteiger partial charge is 0.119 e. The van der Waals surface area contributed by atoms with Crippen LogP contribution in [0.1, 0.15) is 5.56 Å². The van der Waals surface area contributed by atoms with Gasteiger partial charge in [-0.05, 0) is 49.2 Å². The summed E-state index contributed by atoms with van der Waals surface area (Å²) in [6.45, 7) is 2.29. The van der Waals surface area contributed by atoms with Crippen molar-refractivity contribution in [2.45, 2.75) is 6.42 Å². The van der Waals surface area contributed by atoms with E-state index in [2.05, 4.69) is 33.4 Å². The van der Waals surface area contributed by atoms with E-state index in [1.165, 1.54) is 10.0 Å². The van der Waals surface area contributed by atoms with Gasteiger partial charge in [0.1, 0.15) is 5.75 Å². The van der Waals surface area contributed by atoms with Crippen LogP contribution in [0, 0.1) is 5.92 Å². The molecular formula is C11H14BrNO. The highest BCUT2D eigenvalue weighted by Crippen LogP contribution is 2.25. The van der Waals surface area contributed by atoms with E-state index >= 15 is 0 Å². The van der Waals surface area contributed by atoms with Gasteiger partial charge in [-0.2, -0.15) is 0 Å². The van der Waals surface area contributed by atoms with E-state index < -0.39 is 0 Å². The second-order valence-electron chi connectivity index (χ2n) is 3.69. The summed E-state index contributed by atoms with van der Waals surface area (Å²) < 4.78 is 6.39. The van der Waals surface area contributed by atoms with Crippen molar-refractivity contribution in [2.75, 3.05) is 20.2 Å². The maximum atomic E-state index is 5.21. The van der Waals surface area contributed by atoms with Crippen LogP contribution in [0.15, 0.2) is 22.7 Å². The first-order chi connectivity index (χ1) is 6.79. The summed E-state index contributed by atoms with van der Waals surface area (Å²) in [6.07, 6.45) is 1.13. The van der Waals surface area contributed by atoms with Gasteiger partial charge in [-0.1, -0.05) is 15.9 Å². The Morgan fingerprint density at radius 3 is 2.86 bits per heavy atom. The molecule has 0 bridgehead atoms. The second kappa shape index (κ2) is 4.32. The molecule has 1 aromatic carbocycles. The molecule has 1 aliphatic rings. The Bertz CT molecular complexity index is 323. The molecule has 0 aliphatic carbocycles. The second-order valence-corrected chi connectivity index (χ2v) is 4.54. The quantitative estimate of drug-likeness (QED) is 0.895. The minimum Gasteiger partial charge on any atom is -0.497 e. The molecule has 0 spiro atoms. The Kier molecular flexibility index (Phi) is 3.08. The zero-order valence-electron chi connectivity index (χ0n) is 8.22. The standard InChI is InChI=1S/C11H14BrNO/c1-14-10-2-3-11(12)9(5-10)4-8-6-13-7-8/h2-3,5,8,13H,4,6-7H2,1H3. The molecule has 0 saturated carbocycles. The van der Waals surface area contributed by atoms with Crippen molar-refractivity contribution < 1.29 is 4.74 Å². The number of ether oxygens (including phenoxy) is 1. The molecule has 0 radical (unpaired) electrons. The zero-order chi connectivity index (χ0) is 9.97. The summed E-state index contributed by atoms with van der Waals surface area (Å²) in [6, 6.07) is 6.15. The Balaban J connectivity index is 2.13. The van der Waals surface area contributed by atoms with Crippen LogP contribution in [0.25, 0.3) is 0 Å². The first-order valence-electron chi connectivity index (χ1n) is 4.82. The van der Waals surface area contributed by atoms with Crippen molar-refractivity contribution in [3.8, 4) is 5.75 Å². The van der Waals surface area contributed by atoms with E-state index in [1.54, 1.807) is 7.11 Å². The van der Waals surface area contributed by atoms with Gasteiger partial charge in [-0.3, -0.25) is 0 Å². The summed E-state index contributed by atoms with van der Waals surface area (Å²) in [5.74, 6) is 1.73. The van der Waals surface area contributed by atoms with E-state index in [9.17, 15) is 0 Å². The van der Waals surface area contributed by atoms with Gasteiger partial charge in [0.05, 0.1) is 7.11 Å². The van der Waals surface area contributed by atoms with E-state index in [4.69, 9.17) is 4.74 Å². The minimum absolute atomic E-state index is 0.790. The lowest BCUT2D eigenvalue weighted by molar-refractivity contribution is 0.345. The van der Waals surface area contributed by atoms with Crippen LogP contribution in [0.5, 0.6) is 5.75 Å². The maximum absolute atomic E-state index is 5.21. The third kappa shape index (κ3) is 2.10. The van der Waals surface area contributed by atoms with Gasteiger partial charge in [0.25, 0.3) is 0 Å². The average molecular weight is 256 g/mol. The van der Waals surface area contributed by atoms with Crippen LogP contribution < -0.4 is 10.1 Å². The van der Waals surface area contributed by atoms with Crippen LogP contribution >= 0.6 is 15.9 Å². The van der Waals surface area contributed by atoms with E-state index in [-0.39, 0.29) is 0 Å². The average Bonchev–Trinajstić information content (AvgIpc) is 2.14. The molecule has 2 rings (SSSR count). The number of nitrogens with one attached hydrogen (secondary N) is 1. The summed E-state index contributed by atoms with van der Waals surface area (Å²) in [5.41, 5.74) is 1.34. The third-order valence-corrected chi connectivity index (χ3v) is 3.40. The lowest BCUT2D eigenvalue weighted by Gasteiger charge is -2.27. The molecule has 1 saturated heterocycles. The Labute approximate surface area is 92.8 Å². The van der Waals surface area contributed by atoms with E-state index in [0.29, 0.717) is 0 Å². The molecule has 1 N–H and O–H groups in total. The zero-order valence-corrected chi connectivity index (χ0v) is 9.80. The van der Waals surface area contributed by atoms with Crippen molar-refractivity contribution in [3.63, 3.8) is 0 Å². The van der Waals surface area contributed by atoms with E-state index in [0.717, 1.165) is 31.2 Å². The summed E-state index contributed by atoms with van der Waals surface area (Å²) in [4.78, 5) is 0. The Morgan fingerprint density at radius 2 is 2.29 bits per heavy atom. The molecule has 3 heteroatoms. The highest BCUT2D eigenvalue weighted by atomic mass is 79.9. The fourth-order valence-corrected chi connectivity index (χ4v) is 2.05. The Morgan fingerprint density at radius 1 is 1.50 bits per heavy atom. The summed E-state index contributed by atoms with van der Waals surface area (Å²) >= 11 is 3.57. The predicted molar refractivity (Wildman–Crippen MR) is 60.8 cm³/mol. The molecule has 1 aromatic rings. The van der Waals surface area contributed by atoms with E-state index in [1.807, 2.05) is 6.07 Å². The topological polar surface area (TPSA) is 21.3 Å². The Hall–Kier alpha value is -0.540. The SMILES string of the molecule is COc1ccc(Br)c(CC2CNC2)c1. The lowest BCUT2D eigenvalue weighted by atomic mass is 9.94. The van der Waals surface area contributed by atoms with Gasteiger partial charge in [0.2, 0.25) is 0 Å². The van der Waals surface area contributed by atoms with Gasteiger partial charge in [-0.15, -0.1) is 0 Å². The molecule has 0 aromatic heterocycles. The van der Waals surface area contributed by atoms with Crippen LogP contribution in [0.4, 0.5) is 0 Å². The van der Waals surface area contributed by atoms with Crippen LogP contribution in [0.2, 0.25) is 0 Å². The monoisotopic (exact) mass is 255 g/mol. The molecule has 0 atom stereocenters. The van der Waals surface area contributed by atoms with Crippen molar-refractivity contribution in [1.82, 2.24) is 5.32 Å². The molecule has 0 unspecified atom stereocenters. The highest BCUT2D eigenvalue weighted by Gasteiger charge is 2.18. The molecule has 1 fully saturated rings. The number of hydrogen-bond acceptors (Lipinski definition) is 2. The van der Waals surface area contributed by atoms with Gasteiger partial charge in [0, 0.05) is 4.47 Å². The maximum Gasteiger partial charge on any atom is 0.119 e. The molecule has 2 nitrogen and oxygen atoms in total. The molecule has 76 valence electrons. The number of benzene rings is 1. The molecule has 14 heavy (non-hydrogen) atoms. The summed E-state index contributed by atoms with van der Waals surface area (Å²) in [7, 11) is 1.71. The number of hydrogen-bond donors (Lipinski definition) is 1. The fraction of sp³-hybridized carbons (Fsp3) is 0.455. The number of rotatable bonds is 3. The first kappa shape index (κ1) is 9.99. The first-order valence-corrected chi connectivity index (χ1v) is 5.62.